The van der Waals surface area contributed by atoms with Gasteiger partial charge in [0.25, 0.3) is 0 Å². The summed E-state index contributed by atoms with van der Waals surface area (Å²) in [6.45, 7) is 3.39. The molecular formula is C20H25NO5S2. The summed E-state index contributed by atoms with van der Waals surface area (Å²) < 4.78 is 30.6. The van der Waals surface area contributed by atoms with Crippen molar-refractivity contribution < 1.29 is 22.7 Å². The number of Topliss-reactive ketones (excluding diaryl/α,β-unsaturated/α-hetero) is 1. The van der Waals surface area contributed by atoms with E-state index in [1.165, 1.54) is 4.88 Å². The third kappa shape index (κ3) is 4.91. The molecule has 0 bridgehead atoms. The van der Waals surface area contributed by atoms with Crippen molar-refractivity contribution in [2.24, 2.45) is 0 Å². The van der Waals surface area contributed by atoms with Gasteiger partial charge in [0.15, 0.2) is 16.4 Å². The second-order valence-corrected chi connectivity index (χ2v) is 10.5. The second kappa shape index (κ2) is 8.61. The van der Waals surface area contributed by atoms with Crippen LogP contribution in [0.4, 0.5) is 0 Å². The Morgan fingerprint density at radius 3 is 2.75 bits per heavy atom. The summed E-state index contributed by atoms with van der Waals surface area (Å²) in [6.07, 6.45) is 2.36. The Hall–Kier alpha value is -1.93. The van der Waals surface area contributed by atoms with Crippen molar-refractivity contribution in [3.05, 3.63) is 45.4 Å². The lowest BCUT2D eigenvalue weighted by Gasteiger charge is -2.16. The SMILES string of the molecule is Cc1cc(C(=O)COC(=O)CCCc2cccs2)c(C)n1C1CCS(=O)(=O)C1. The van der Waals surface area contributed by atoms with Crippen molar-refractivity contribution in [1.82, 2.24) is 4.57 Å². The van der Waals surface area contributed by atoms with Gasteiger partial charge in [-0.25, -0.2) is 8.42 Å². The van der Waals surface area contributed by atoms with E-state index in [1.807, 2.05) is 35.9 Å². The monoisotopic (exact) mass is 423 g/mol. The van der Waals surface area contributed by atoms with Gasteiger partial charge < -0.3 is 9.30 Å². The van der Waals surface area contributed by atoms with Gasteiger partial charge in [-0.05, 0) is 50.6 Å². The quantitative estimate of drug-likeness (QED) is 0.481. The normalized spacial score (nSPS) is 18.3. The van der Waals surface area contributed by atoms with E-state index in [0.717, 1.165) is 17.8 Å². The number of nitrogens with zero attached hydrogens (tertiary/aromatic N) is 1. The van der Waals surface area contributed by atoms with E-state index < -0.39 is 9.84 Å². The van der Waals surface area contributed by atoms with Crippen LogP contribution >= 0.6 is 11.3 Å². The van der Waals surface area contributed by atoms with Gasteiger partial charge in [0, 0.05) is 34.3 Å². The smallest absolute Gasteiger partial charge is 0.306 e. The summed E-state index contributed by atoms with van der Waals surface area (Å²) in [5, 5.41) is 2.00. The highest BCUT2D eigenvalue weighted by molar-refractivity contribution is 7.91. The first kappa shape index (κ1) is 20.8. The fourth-order valence-electron chi connectivity index (χ4n) is 3.76. The third-order valence-corrected chi connectivity index (χ3v) is 7.79. The fourth-order valence-corrected chi connectivity index (χ4v) is 6.21. The number of thiophene rings is 1. The van der Waals surface area contributed by atoms with Gasteiger partial charge in [-0.2, -0.15) is 0 Å². The number of rotatable bonds is 8. The summed E-state index contributed by atoms with van der Waals surface area (Å²) in [7, 11) is -3.01. The predicted octanol–water partition coefficient (Wildman–Crippen LogP) is 3.27. The molecule has 1 fully saturated rings. The Morgan fingerprint density at radius 1 is 1.32 bits per heavy atom. The molecule has 2 aromatic heterocycles. The Kier molecular flexibility index (Phi) is 6.40. The van der Waals surface area contributed by atoms with E-state index >= 15 is 0 Å². The number of aryl methyl sites for hydroxylation is 2. The van der Waals surface area contributed by atoms with Crippen LogP contribution in [0.1, 0.15) is 51.9 Å². The van der Waals surface area contributed by atoms with Crippen LogP contribution in [0.2, 0.25) is 0 Å². The lowest BCUT2D eigenvalue weighted by molar-refractivity contribution is -0.142. The highest BCUT2D eigenvalue weighted by Crippen LogP contribution is 2.29. The highest BCUT2D eigenvalue weighted by atomic mass is 32.2. The van der Waals surface area contributed by atoms with Gasteiger partial charge in [-0.3, -0.25) is 9.59 Å². The van der Waals surface area contributed by atoms with Crippen LogP contribution in [0.3, 0.4) is 0 Å². The van der Waals surface area contributed by atoms with E-state index in [2.05, 4.69) is 0 Å². The first-order valence-electron chi connectivity index (χ1n) is 9.37. The molecule has 28 heavy (non-hydrogen) atoms. The molecule has 3 rings (SSSR count). The minimum Gasteiger partial charge on any atom is -0.457 e. The molecule has 1 saturated heterocycles. The van der Waals surface area contributed by atoms with Crippen LogP contribution in [0.25, 0.3) is 0 Å². The zero-order chi connectivity index (χ0) is 20.3. The van der Waals surface area contributed by atoms with Crippen LogP contribution < -0.4 is 0 Å². The second-order valence-electron chi connectivity index (χ2n) is 7.23. The van der Waals surface area contributed by atoms with E-state index in [0.29, 0.717) is 18.4 Å². The van der Waals surface area contributed by atoms with E-state index in [-0.39, 0.29) is 42.3 Å². The van der Waals surface area contributed by atoms with Gasteiger partial charge in [0.1, 0.15) is 0 Å². The van der Waals surface area contributed by atoms with Crippen LogP contribution in [0.15, 0.2) is 23.6 Å². The first-order chi connectivity index (χ1) is 13.3. The molecule has 0 spiro atoms. The van der Waals surface area contributed by atoms with Gasteiger partial charge >= 0.3 is 5.97 Å². The molecule has 3 heterocycles. The summed E-state index contributed by atoms with van der Waals surface area (Å²) in [5.74, 6) is -0.343. The van der Waals surface area contributed by atoms with Crippen LogP contribution in [-0.2, 0) is 25.8 Å². The Labute approximate surface area is 169 Å². The van der Waals surface area contributed by atoms with E-state index in [1.54, 1.807) is 17.4 Å². The average molecular weight is 424 g/mol. The largest absolute Gasteiger partial charge is 0.457 e. The minimum absolute atomic E-state index is 0.107. The fraction of sp³-hybridized carbons (Fsp3) is 0.500. The van der Waals surface area contributed by atoms with Crippen molar-refractivity contribution in [2.75, 3.05) is 18.1 Å². The number of esters is 1. The number of sulfone groups is 1. The number of aromatic nitrogens is 1. The van der Waals surface area contributed by atoms with Crippen molar-refractivity contribution in [1.29, 1.82) is 0 Å². The highest BCUT2D eigenvalue weighted by Gasteiger charge is 2.31. The molecule has 2 aromatic rings. The molecule has 1 aliphatic rings. The molecule has 1 aliphatic heterocycles. The number of carbonyl (C=O) groups is 2. The standard InChI is InChI=1S/C20H25NO5S2/c1-14-11-18(15(2)21(14)16-8-10-28(24,25)13-16)19(22)12-26-20(23)7-3-5-17-6-4-9-27-17/h4,6,9,11,16H,3,5,7-8,10,12-13H2,1-2H3. The number of hydrogen-bond acceptors (Lipinski definition) is 6. The van der Waals surface area contributed by atoms with Gasteiger partial charge in [-0.15, -0.1) is 11.3 Å². The Balaban J connectivity index is 1.54. The topological polar surface area (TPSA) is 82.4 Å². The number of ketones is 1. The maximum absolute atomic E-state index is 12.5. The van der Waals surface area contributed by atoms with Crippen molar-refractivity contribution in [2.45, 2.75) is 45.6 Å². The van der Waals surface area contributed by atoms with Crippen LogP contribution in [0, 0.1) is 13.8 Å². The average Bonchev–Trinajstić information content (AvgIpc) is 3.33. The molecule has 0 amide bonds. The van der Waals surface area contributed by atoms with Crippen LogP contribution in [0.5, 0.6) is 0 Å². The molecule has 0 radical (unpaired) electrons. The lowest BCUT2D eigenvalue weighted by Crippen LogP contribution is -2.17. The molecule has 0 N–H and O–H groups in total. The molecule has 0 aliphatic carbocycles. The molecular weight excluding hydrogens is 398 g/mol. The Bertz CT molecular complexity index is 957. The molecule has 152 valence electrons. The number of hydrogen-bond donors (Lipinski definition) is 0. The zero-order valence-electron chi connectivity index (χ0n) is 16.1. The maximum atomic E-state index is 12.5. The molecule has 0 saturated carbocycles. The Morgan fingerprint density at radius 2 is 2.11 bits per heavy atom. The van der Waals surface area contributed by atoms with Crippen molar-refractivity contribution >= 4 is 32.9 Å². The first-order valence-corrected chi connectivity index (χ1v) is 12.1. The third-order valence-electron chi connectivity index (χ3n) is 5.11. The van der Waals surface area contributed by atoms with E-state index in [4.69, 9.17) is 4.74 Å². The van der Waals surface area contributed by atoms with Gasteiger partial charge in [0.05, 0.1) is 11.5 Å². The van der Waals surface area contributed by atoms with Crippen molar-refractivity contribution in [3.8, 4) is 0 Å². The maximum Gasteiger partial charge on any atom is 0.306 e. The van der Waals surface area contributed by atoms with Crippen LogP contribution in [-0.4, -0.2) is 42.9 Å². The van der Waals surface area contributed by atoms with Gasteiger partial charge in [-0.1, -0.05) is 6.07 Å². The molecule has 0 aromatic carbocycles. The lowest BCUT2D eigenvalue weighted by atomic mass is 10.1. The number of carbonyl (C=O) groups excluding carboxylic acids is 2. The summed E-state index contributed by atoms with van der Waals surface area (Å²) >= 11 is 1.66. The summed E-state index contributed by atoms with van der Waals surface area (Å²) in [5.41, 5.74) is 2.08. The van der Waals surface area contributed by atoms with Gasteiger partial charge in [0.2, 0.25) is 5.78 Å². The number of ether oxygens (including phenoxy) is 1. The molecule has 6 nitrogen and oxygen atoms in total. The minimum atomic E-state index is -3.01. The molecule has 1 unspecified atom stereocenters. The summed E-state index contributed by atoms with van der Waals surface area (Å²) in [4.78, 5) is 25.7. The van der Waals surface area contributed by atoms with E-state index in [9.17, 15) is 18.0 Å². The zero-order valence-corrected chi connectivity index (χ0v) is 17.8. The predicted molar refractivity (Wildman–Crippen MR) is 109 cm³/mol. The molecule has 1 atom stereocenters. The summed E-state index contributed by atoms with van der Waals surface area (Å²) in [6, 6.07) is 5.64. The van der Waals surface area contributed by atoms with Crippen molar-refractivity contribution in [3.63, 3.8) is 0 Å². The molecule has 8 heteroatoms.